The van der Waals surface area contributed by atoms with Gasteiger partial charge in [-0.1, -0.05) is 13.0 Å². The second kappa shape index (κ2) is 6.00. The van der Waals surface area contributed by atoms with Gasteiger partial charge in [-0.2, -0.15) is 0 Å². The first-order valence-corrected chi connectivity index (χ1v) is 9.02. The monoisotopic (exact) mass is 317 g/mol. The molecule has 19 heavy (non-hydrogen) atoms. The van der Waals surface area contributed by atoms with Crippen LogP contribution in [-0.4, -0.2) is 19.9 Å². The first-order chi connectivity index (χ1) is 9.03. The van der Waals surface area contributed by atoms with E-state index in [4.69, 9.17) is 0 Å². The van der Waals surface area contributed by atoms with E-state index < -0.39 is 10.0 Å². The maximum atomic E-state index is 12.0. The van der Waals surface area contributed by atoms with Gasteiger partial charge < -0.3 is 5.32 Å². The maximum Gasteiger partial charge on any atom is 0.273 e. The summed E-state index contributed by atoms with van der Waals surface area (Å²) in [5.41, 5.74) is 0.843. The van der Waals surface area contributed by atoms with Crippen LogP contribution in [0.15, 0.2) is 27.1 Å². The van der Waals surface area contributed by atoms with Crippen molar-refractivity contribution in [2.45, 2.75) is 24.1 Å². The molecule has 2 rings (SSSR count). The zero-order valence-corrected chi connectivity index (χ0v) is 13.0. The number of hydrogen-bond donors (Lipinski definition) is 2. The van der Waals surface area contributed by atoms with Crippen molar-refractivity contribution in [1.82, 2.24) is 10.3 Å². The minimum atomic E-state index is -3.50. The molecule has 1 unspecified atom stereocenters. The minimum absolute atomic E-state index is 0.112. The van der Waals surface area contributed by atoms with Gasteiger partial charge in [-0.15, -0.1) is 22.7 Å². The van der Waals surface area contributed by atoms with E-state index in [0.29, 0.717) is 9.34 Å². The molecule has 0 fully saturated rings. The van der Waals surface area contributed by atoms with E-state index >= 15 is 0 Å². The molecule has 0 aromatic carbocycles. The van der Waals surface area contributed by atoms with E-state index in [9.17, 15) is 8.42 Å². The number of rotatable bonds is 6. The Kier molecular flexibility index (Phi) is 4.56. The Balaban J connectivity index is 2.12. The predicted molar refractivity (Wildman–Crippen MR) is 79.3 cm³/mol. The van der Waals surface area contributed by atoms with Gasteiger partial charge in [0.25, 0.3) is 10.0 Å². The van der Waals surface area contributed by atoms with Crippen molar-refractivity contribution in [1.29, 1.82) is 0 Å². The predicted octanol–water partition coefficient (Wildman–Crippen LogP) is 2.68. The molecule has 8 heteroatoms. The van der Waals surface area contributed by atoms with E-state index in [2.05, 4.69) is 15.0 Å². The zero-order chi connectivity index (χ0) is 13.9. The number of anilines is 1. The van der Waals surface area contributed by atoms with Gasteiger partial charge in [0.15, 0.2) is 5.13 Å². The van der Waals surface area contributed by atoms with E-state index in [1.807, 2.05) is 19.2 Å². The molecule has 0 amide bonds. The van der Waals surface area contributed by atoms with Crippen LogP contribution in [0.2, 0.25) is 0 Å². The lowest BCUT2D eigenvalue weighted by Crippen LogP contribution is -2.18. The molecule has 0 saturated heterocycles. The highest BCUT2D eigenvalue weighted by molar-refractivity contribution is 7.94. The number of aromatic nitrogens is 1. The summed E-state index contributed by atoms with van der Waals surface area (Å²) in [6, 6.07) is 3.39. The molecule has 0 spiro atoms. The van der Waals surface area contributed by atoms with Crippen LogP contribution in [0.1, 0.15) is 25.6 Å². The number of sulfonamides is 1. The molecule has 2 aromatic rings. The standard InChI is InChI=1S/C11H15N3O2S3/c1-3-12-8(2)9-7-18-11(13-9)14-19(15,16)10-5-4-6-17-10/h4-8,12H,3H2,1-2H3,(H,13,14). The molecule has 0 aliphatic heterocycles. The van der Waals surface area contributed by atoms with Crippen molar-refractivity contribution in [2.24, 2.45) is 0 Å². The highest BCUT2D eigenvalue weighted by Crippen LogP contribution is 2.24. The second-order valence-electron chi connectivity index (χ2n) is 3.89. The minimum Gasteiger partial charge on any atom is -0.309 e. The highest BCUT2D eigenvalue weighted by atomic mass is 32.2. The van der Waals surface area contributed by atoms with Crippen molar-refractivity contribution in [2.75, 3.05) is 11.3 Å². The average Bonchev–Trinajstić information content (AvgIpc) is 2.98. The molecule has 2 N–H and O–H groups in total. The van der Waals surface area contributed by atoms with E-state index in [1.165, 1.54) is 22.7 Å². The van der Waals surface area contributed by atoms with Gasteiger partial charge in [0, 0.05) is 11.4 Å². The maximum absolute atomic E-state index is 12.0. The van der Waals surface area contributed by atoms with Gasteiger partial charge in [0.2, 0.25) is 0 Å². The van der Waals surface area contributed by atoms with Crippen molar-refractivity contribution < 1.29 is 8.42 Å². The molecule has 2 aromatic heterocycles. The van der Waals surface area contributed by atoms with E-state index in [-0.39, 0.29) is 6.04 Å². The third kappa shape index (κ3) is 3.53. The summed E-state index contributed by atoms with van der Waals surface area (Å²) < 4.78 is 26.8. The second-order valence-corrected chi connectivity index (χ2v) is 7.61. The average molecular weight is 317 g/mol. The summed E-state index contributed by atoms with van der Waals surface area (Å²) in [5.74, 6) is 0. The normalized spacial score (nSPS) is 13.4. The smallest absolute Gasteiger partial charge is 0.273 e. The lowest BCUT2D eigenvalue weighted by Gasteiger charge is -2.08. The molecule has 1 atom stereocenters. The lowest BCUT2D eigenvalue weighted by atomic mass is 10.3. The van der Waals surface area contributed by atoms with Gasteiger partial charge in [-0.05, 0) is 24.9 Å². The number of nitrogens with one attached hydrogen (secondary N) is 2. The first-order valence-electron chi connectivity index (χ1n) is 5.78. The first kappa shape index (κ1) is 14.4. The van der Waals surface area contributed by atoms with E-state index in [1.54, 1.807) is 17.5 Å². The summed E-state index contributed by atoms with van der Waals surface area (Å²) >= 11 is 2.48. The fraction of sp³-hybridized carbons (Fsp3) is 0.364. The van der Waals surface area contributed by atoms with Crippen LogP contribution < -0.4 is 10.0 Å². The van der Waals surface area contributed by atoms with Crippen LogP contribution in [0.25, 0.3) is 0 Å². The van der Waals surface area contributed by atoms with Gasteiger partial charge in [0.05, 0.1) is 5.69 Å². The van der Waals surface area contributed by atoms with Gasteiger partial charge in [-0.3, -0.25) is 4.72 Å². The Labute approximate surface area is 120 Å². The quantitative estimate of drug-likeness (QED) is 0.859. The Morgan fingerprint density at radius 1 is 1.42 bits per heavy atom. The Morgan fingerprint density at radius 2 is 2.21 bits per heavy atom. The number of nitrogens with zero attached hydrogens (tertiary/aromatic N) is 1. The van der Waals surface area contributed by atoms with E-state index in [0.717, 1.165) is 12.2 Å². The van der Waals surface area contributed by atoms with Crippen molar-refractivity contribution >= 4 is 37.8 Å². The summed E-state index contributed by atoms with van der Waals surface area (Å²) in [5, 5.41) is 7.22. The molecule has 0 radical (unpaired) electrons. The third-order valence-electron chi connectivity index (χ3n) is 2.46. The van der Waals surface area contributed by atoms with Crippen LogP contribution >= 0.6 is 22.7 Å². The number of thiophene rings is 1. The molecular formula is C11H15N3O2S3. The molecule has 0 saturated carbocycles. The van der Waals surface area contributed by atoms with Crippen LogP contribution in [0, 0.1) is 0 Å². The molecular weight excluding hydrogens is 302 g/mol. The largest absolute Gasteiger partial charge is 0.309 e. The zero-order valence-electron chi connectivity index (χ0n) is 10.6. The molecule has 0 aliphatic rings. The summed E-state index contributed by atoms with van der Waals surface area (Å²) in [7, 11) is -3.50. The van der Waals surface area contributed by atoms with Crippen molar-refractivity contribution in [3.05, 3.63) is 28.6 Å². The molecule has 0 aliphatic carbocycles. The van der Waals surface area contributed by atoms with Crippen LogP contribution in [0.3, 0.4) is 0 Å². The highest BCUT2D eigenvalue weighted by Gasteiger charge is 2.18. The van der Waals surface area contributed by atoms with Gasteiger partial charge in [0.1, 0.15) is 4.21 Å². The number of thiazole rings is 1. The molecule has 2 heterocycles. The fourth-order valence-corrected chi connectivity index (χ4v) is 4.57. The SMILES string of the molecule is CCNC(C)c1csc(NS(=O)(=O)c2cccs2)n1. The van der Waals surface area contributed by atoms with Crippen LogP contribution in [0.5, 0.6) is 0 Å². The summed E-state index contributed by atoms with van der Waals surface area (Å²) in [4.78, 5) is 4.29. The Hall–Kier alpha value is -0.960. The van der Waals surface area contributed by atoms with Gasteiger partial charge >= 0.3 is 0 Å². The Bertz CT molecular complexity index is 619. The molecule has 104 valence electrons. The van der Waals surface area contributed by atoms with Crippen molar-refractivity contribution in [3.63, 3.8) is 0 Å². The molecule has 0 bridgehead atoms. The molecule has 5 nitrogen and oxygen atoms in total. The number of hydrogen-bond acceptors (Lipinski definition) is 6. The summed E-state index contributed by atoms with van der Waals surface area (Å²) in [6.45, 7) is 4.86. The van der Waals surface area contributed by atoms with Crippen molar-refractivity contribution in [3.8, 4) is 0 Å². The van der Waals surface area contributed by atoms with Crippen LogP contribution in [-0.2, 0) is 10.0 Å². The summed E-state index contributed by atoms with van der Waals surface area (Å²) in [6.07, 6.45) is 0. The topological polar surface area (TPSA) is 71.1 Å². The lowest BCUT2D eigenvalue weighted by molar-refractivity contribution is 0.586. The fourth-order valence-electron chi connectivity index (χ4n) is 1.52. The third-order valence-corrected chi connectivity index (χ3v) is 6.10. The van der Waals surface area contributed by atoms with Gasteiger partial charge in [-0.25, -0.2) is 13.4 Å². The Morgan fingerprint density at radius 3 is 2.84 bits per heavy atom. The van der Waals surface area contributed by atoms with Crippen LogP contribution in [0.4, 0.5) is 5.13 Å².